The number of benzene rings is 1. The van der Waals surface area contributed by atoms with E-state index in [2.05, 4.69) is 15.2 Å². The molecule has 0 amide bonds. The Hall–Kier alpha value is -2.91. The number of aliphatic imine (C=N–C) groups is 1. The van der Waals surface area contributed by atoms with Gasteiger partial charge in [0.1, 0.15) is 12.3 Å². The minimum atomic E-state index is -0.193. The van der Waals surface area contributed by atoms with Crippen LogP contribution in [0.15, 0.2) is 59.0 Å². The summed E-state index contributed by atoms with van der Waals surface area (Å²) in [6.07, 6.45) is 2.37. The molecule has 35 heavy (non-hydrogen) atoms. The smallest absolute Gasteiger partial charge is 0.194 e. The Labute approximate surface area is 219 Å². The van der Waals surface area contributed by atoms with Crippen LogP contribution in [0.3, 0.4) is 0 Å². The third kappa shape index (κ3) is 6.02. The molecule has 0 spiro atoms. The molecule has 10 heteroatoms. The van der Waals surface area contributed by atoms with Gasteiger partial charge in [-0.2, -0.15) is 10.2 Å². The molecule has 0 unspecified atom stereocenters. The first-order chi connectivity index (χ1) is 16.8. The van der Waals surface area contributed by atoms with Gasteiger partial charge in [-0.05, 0) is 55.3 Å². The third-order valence-corrected chi connectivity index (χ3v) is 8.11. The summed E-state index contributed by atoms with van der Waals surface area (Å²) in [6, 6.07) is 12.1. The minimum absolute atomic E-state index is 0.0441. The maximum absolute atomic E-state index is 12.7. The van der Waals surface area contributed by atoms with E-state index < -0.39 is 0 Å². The SMILES string of the molecule is CC(=NCC(=O)c1ccc(C(=O)CCc2cccnn2)s1)c1csc(-c2ccc(Cl)c(Cl)c2)c1O. The molecule has 0 aliphatic rings. The number of carbonyl (C=O) groups excluding carboxylic acids is 2. The predicted octanol–water partition coefficient (Wildman–Crippen LogP) is 6.79. The van der Waals surface area contributed by atoms with Crippen LogP contribution in [-0.4, -0.2) is 39.1 Å². The summed E-state index contributed by atoms with van der Waals surface area (Å²) in [5, 5.41) is 21.1. The Balaban J connectivity index is 1.40. The maximum Gasteiger partial charge on any atom is 0.194 e. The van der Waals surface area contributed by atoms with Crippen molar-refractivity contribution in [2.45, 2.75) is 19.8 Å². The summed E-state index contributed by atoms with van der Waals surface area (Å²) in [7, 11) is 0. The van der Waals surface area contributed by atoms with Crippen molar-refractivity contribution in [3.8, 4) is 16.2 Å². The first-order valence-corrected chi connectivity index (χ1v) is 13.0. The molecule has 0 saturated carbocycles. The highest BCUT2D eigenvalue weighted by Crippen LogP contribution is 2.40. The van der Waals surface area contributed by atoms with E-state index in [-0.39, 0.29) is 23.9 Å². The molecule has 0 saturated heterocycles. The second-order valence-corrected chi connectivity index (χ2v) is 10.4. The van der Waals surface area contributed by atoms with Gasteiger partial charge in [-0.25, -0.2) is 0 Å². The summed E-state index contributed by atoms with van der Waals surface area (Å²) in [4.78, 5) is 31.2. The lowest BCUT2D eigenvalue weighted by Crippen LogP contribution is -2.04. The number of aromatic hydroxyl groups is 1. The molecule has 0 radical (unpaired) electrons. The fraction of sp³-hybridized carbons (Fsp3) is 0.160. The number of thiophene rings is 2. The maximum atomic E-state index is 12.7. The van der Waals surface area contributed by atoms with Crippen LogP contribution in [0, 0.1) is 0 Å². The van der Waals surface area contributed by atoms with Crippen LogP contribution in [0.2, 0.25) is 10.0 Å². The molecular weight excluding hydrogens is 525 g/mol. The lowest BCUT2D eigenvalue weighted by atomic mass is 10.1. The number of Topliss-reactive ketones (excluding diaryl/α,β-unsaturated/α-hetero) is 2. The fourth-order valence-electron chi connectivity index (χ4n) is 3.27. The number of halogens is 2. The van der Waals surface area contributed by atoms with Crippen molar-refractivity contribution in [2.24, 2.45) is 4.99 Å². The molecule has 1 aromatic carbocycles. The number of aromatic nitrogens is 2. The summed E-state index contributed by atoms with van der Waals surface area (Å²) in [6.45, 7) is 1.65. The number of aryl methyl sites for hydroxylation is 1. The number of hydrogen-bond acceptors (Lipinski definition) is 8. The van der Waals surface area contributed by atoms with Gasteiger partial charge in [-0.15, -0.1) is 22.7 Å². The Kier molecular flexibility index (Phi) is 8.07. The van der Waals surface area contributed by atoms with E-state index in [9.17, 15) is 14.7 Å². The second-order valence-electron chi connectivity index (χ2n) is 7.58. The minimum Gasteiger partial charge on any atom is -0.506 e. The van der Waals surface area contributed by atoms with E-state index in [0.29, 0.717) is 48.8 Å². The highest BCUT2D eigenvalue weighted by atomic mass is 35.5. The van der Waals surface area contributed by atoms with Gasteiger partial charge in [-0.3, -0.25) is 14.6 Å². The van der Waals surface area contributed by atoms with Gasteiger partial charge in [0.2, 0.25) is 0 Å². The van der Waals surface area contributed by atoms with E-state index in [1.54, 1.807) is 54.9 Å². The van der Waals surface area contributed by atoms with Crippen molar-refractivity contribution < 1.29 is 14.7 Å². The molecule has 1 N–H and O–H groups in total. The largest absolute Gasteiger partial charge is 0.506 e. The first-order valence-electron chi connectivity index (χ1n) is 10.5. The molecule has 4 aromatic rings. The zero-order chi connectivity index (χ0) is 24.9. The number of rotatable bonds is 9. The molecule has 0 bridgehead atoms. The lowest BCUT2D eigenvalue weighted by Gasteiger charge is -2.03. The summed E-state index contributed by atoms with van der Waals surface area (Å²) < 4.78 is 0. The highest BCUT2D eigenvalue weighted by Gasteiger charge is 2.17. The van der Waals surface area contributed by atoms with Gasteiger partial charge in [0.15, 0.2) is 11.6 Å². The van der Waals surface area contributed by atoms with Crippen LogP contribution in [0.5, 0.6) is 5.75 Å². The number of carbonyl (C=O) groups is 2. The number of nitrogens with zero attached hydrogens (tertiary/aromatic N) is 3. The van der Waals surface area contributed by atoms with Crippen LogP contribution in [0.25, 0.3) is 10.4 Å². The van der Waals surface area contributed by atoms with E-state index >= 15 is 0 Å². The normalized spacial score (nSPS) is 11.6. The first kappa shape index (κ1) is 25.2. The molecule has 0 atom stereocenters. The Morgan fingerprint density at radius 2 is 1.83 bits per heavy atom. The predicted molar refractivity (Wildman–Crippen MR) is 142 cm³/mol. The van der Waals surface area contributed by atoms with Crippen molar-refractivity contribution in [3.63, 3.8) is 0 Å². The van der Waals surface area contributed by atoms with Crippen LogP contribution in [0.1, 0.15) is 43.9 Å². The second kappa shape index (κ2) is 11.2. The van der Waals surface area contributed by atoms with Crippen molar-refractivity contribution in [3.05, 3.63) is 85.1 Å². The Morgan fingerprint density at radius 3 is 2.54 bits per heavy atom. The van der Waals surface area contributed by atoms with Gasteiger partial charge < -0.3 is 5.11 Å². The molecule has 3 heterocycles. The van der Waals surface area contributed by atoms with Crippen LogP contribution >= 0.6 is 45.9 Å². The number of hydrogen-bond donors (Lipinski definition) is 1. The van der Waals surface area contributed by atoms with Crippen LogP contribution < -0.4 is 0 Å². The van der Waals surface area contributed by atoms with Gasteiger partial charge >= 0.3 is 0 Å². The van der Waals surface area contributed by atoms with Crippen molar-refractivity contribution >= 4 is 63.2 Å². The standard InChI is InChI=1S/C25H19Cl2N3O3S2/c1-14(17-13-34-25(24(17)33)15-4-6-18(26)19(27)11-15)28-12-21(32)23-9-8-22(35-23)20(31)7-5-16-3-2-10-29-30-16/h2-4,6,8-11,13,33H,5,7,12H2,1H3. The molecule has 6 nitrogen and oxygen atoms in total. The van der Waals surface area contributed by atoms with Crippen molar-refractivity contribution in [1.82, 2.24) is 10.2 Å². The average Bonchev–Trinajstić information content (AvgIpc) is 3.51. The molecule has 178 valence electrons. The van der Waals surface area contributed by atoms with Crippen molar-refractivity contribution in [1.29, 1.82) is 0 Å². The Morgan fingerprint density at radius 1 is 1.06 bits per heavy atom. The molecule has 3 aromatic heterocycles. The van der Waals surface area contributed by atoms with E-state index in [1.165, 1.54) is 11.3 Å². The molecule has 0 aliphatic carbocycles. The van der Waals surface area contributed by atoms with Gasteiger partial charge in [0.25, 0.3) is 0 Å². The average molecular weight is 544 g/mol. The quantitative estimate of drug-likeness (QED) is 0.185. The van der Waals surface area contributed by atoms with Gasteiger partial charge in [-0.1, -0.05) is 29.3 Å². The zero-order valence-corrected chi connectivity index (χ0v) is 21.6. The summed E-state index contributed by atoms with van der Waals surface area (Å²) in [5.41, 5.74) is 2.58. The van der Waals surface area contributed by atoms with E-state index in [0.717, 1.165) is 22.6 Å². The van der Waals surface area contributed by atoms with Crippen LogP contribution in [-0.2, 0) is 6.42 Å². The van der Waals surface area contributed by atoms with Gasteiger partial charge in [0.05, 0.1) is 30.4 Å². The van der Waals surface area contributed by atoms with Gasteiger partial charge in [0, 0.05) is 29.3 Å². The summed E-state index contributed by atoms with van der Waals surface area (Å²) in [5.74, 6) is -0.159. The lowest BCUT2D eigenvalue weighted by molar-refractivity contribution is 0.0984. The van der Waals surface area contributed by atoms with E-state index in [1.807, 2.05) is 6.07 Å². The molecular formula is C25H19Cl2N3O3S2. The monoisotopic (exact) mass is 543 g/mol. The number of ketones is 2. The molecule has 0 fully saturated rings. The topological polar surface area (TPSA) is 92.5 Å². The zero-order valence-electron chi connectivity index (χ0n) is 18.5. The molecule has 4 rings (SSSR count). The Bertz CT molecular complexity index is 1410. The fourth-order valence-corrected chi connectivity index (χ4v) is 5.48. The van der Waals surface area contributed by atoms with Crippen LogP contribution in [0.4, 0.5) is 0 Å². The van der Waals surface area contributed by atoms with Crippen molar-refractivity contribution in [2.75, 3.05) is 6.54 Å². The summed E-state index contributed by atoms with van der Waals surface area (Å²) >= 11 is 14.6. The van der Waals surface area contributed by atoms with E-state index in [4.69, 9.17) is 23.2 Å². The third-order valence-electron chi connectivity index (χ3n) is 5.19. The molecule has 0 aliphatic heterocycles. The highest BCUT2D eigenvalue weighted by molar-refractivity contribution is 7.16.